The minimum atomic E-state index is -0.0183. The highest BCUT2D eigenvalue weighted by molar-refractivity contribution is 7.99. The van der Waals surface area contributed by atoms with E-state index in [0.717, 1.165) is 37.3 Å². The van der Waals surface area contributed by atoms with Gasteiger partial charge in [-0.05, 0) is 31.2 Å². The molecule has 21 heavy (non-hydrogen) atoms. The molecule has 1 amide bonds. The first kappa shape index (κ1) is 17.8. The van der Waals surface area contributed by atoms with E-state index in [4.69, 9.17) is 0 Å². The molecule has 0 aliphatic heterocycles. The zero-order valence-electron chi connectivity index (χ0n) is 13.5. The average Bonchev–Trinajstić information content (AvgIpc) is 2.50. The van der Waals surface area contributed by atoms with Crippen molar-refractivity contribution >= 4 is 23.5 Å². The van der Waals surface area contributed by atoms with Gasteiger partial charge in [0.1, 0.15) is 5.82 Å². The number of anilines is 1. The van der Waals surface area contributed by atoms with Crippen LogP contribution in [0.4, 0.5) is 5.82 Å². The zero-order valence-corrected chi connectivity index (χ0v) is 14.3. The van der Waals surface area contributed by atoms with E-state index < -0.39 is 0 Å². The van der Waals surface area contributed by atoms with E-state index in [1.165, 1.54) is 0 Å². The third-order valence-electron chi connectivity index (χ3n) is 3.16. The Balaban J connectivity index is 2.82. The van der Waals surface area contributed by atoms with E-state index in [9.17, 15) is 4.79 Å². The number of carbonyl (C=O) groups excluding carboxylic acids is 1. The maximum absolute atomic E-state index is 12.3. The number of aromatic nitrogens is 1. The number of aryl methyl sites for hydroxylation is 1. The summed E-state index contributed by atoms with van der Waals surface area (Å²) in [6.07, 6.45) is 5.00. The minimum Gasteiger partial charge on any atom is -0.370 e. The molecule has 1 atom stereocenters. The molecule has 4 nitrogen and oxygen atoms in total. The maximum Gasteiger partial charge on any atom is 0.251 e. The van der Waals surface area contributed by atoms with Gasteiger partial charge in [0.15, 0.2) is 0 Å². The highest BCUT2D eigenvalue weighted by Crippen LogP contribution is 2.13. The van der Waals surface area contributed by atoms with Crippen LogP contribution < -0.4 is 10.6 Å². The fraction of sp³-hybridized carbons (Fsp3) is 0.625. The SMILES string of the molecule is CCCNc1cc(C(=O)NCC(C)SC)cc(CCC)n1. The van der Waals surface area contributed by atoms with Crippen molar-refractivity contribution in [2.24, 2.45) is 0 Å². The number of rotatable bonds is 9. The summed E-state index contributed by atoms with van der Waals surface area (Å²) in [6.45, 7) is 7.89. The topological polar surface area (TPSA) is 54.0 Å². The summed E-state index contributed by atoms with van der Waals surface area (Å²) in [6, 6.07) is 3.74. The predicted octanol–water partition coefficient (Wildman–Crippen LogP) is 3.34. The lowest BCUT2D eigenvalue weighted by atomic mass is 10.1. The summed E-state index contributed by atoms with van der Waals surface area (Å²) in [5.74, 6) is 0.779. The predicted molar refractivity (Wildman–Crippen MR) is 92.3 cm³/mol. The molecule has 1 unspecified atom stereocenters. The Morgan fingerprint density at radius 1 is 1.33 bits per heavy atom. The first-order valence-corrected chi connectivity index (χ1v) is 8.95. The molecule has 1 aromatic rings. The number of hydrogen-bond donors (Lipinski definition) is 2. The molecular formula is C16H27N3OS. The van der Waals surface area contributed by atoms with Crippen molar-refractivity contribution in [2.45, 2.75) is 45.3 Å². The van der Waals surface area contributed by atoms with Gasteiger partial charge >= 0.3 is 0 Å². The molecule has 0 spiro atoms. The Morgan fingerprint density at radius 3 is 2.71 bits per heavy atom. The zero-order chi connectivity index (χ0) is 15.7. The first-order chi connectivity index (χ1) is 10.1. The molecule has 118 valence electrons. The van der Waals surface area contributed by atoms with Crippen molar-refractivity contribution in [1.82, 2.24) is 10.3 Å². The van der Waals surface area contributed by atoms with Gasteiger partial charge in [-0.15, -0.1) is 0 Å². The number of nitrogens with one attached hydrogen (secondary N) is 2. The number of pyridine rings is 1. The molecule has 0 saturated carbocycles. The van der Waals surface area contributed by atoms with E-state index in [1.807, 2.05) is 12.1 Å². The summed E-state index contributed by atoms with van der Waals surface area (Å²) >= 11 is 1.75. The highest BCUT2D eigenvalue weighted by atomic mass is 32.2. The molecule has 0 aliphatic carbocycles. The van der Waals surface area contributed by atoms with E-state index in [-0.39, 0.29) is 5.91 Å². The monoisotopic (exact) mass is 309 g/mol. The van der Waals surface area contributed by atoms with Gasteiger partial charge in [0.05, 0.1) is 0 Å². The van der Waals surface area contributed by atoms with Crippen molar-refractivity contribution in [3.8, 4) is 0 Å². The number of amides is 1. The van der Waals surface area contributed by atoms with E-state index in [0.29, 0.717) is 17.4 Å². The standard InChI is InChI=1S/C16H27N3OS/c1-5-7-14-9-13(10-15(19-14)17-8-6-2)16(20)18-11-12(3)21-4/h9-10,12H,5-8,11H2,1-4H3,(H,17,19)(H,18,20). The van der Waals surface area contributed by atoms with Crippen LogP contribution in [-0.4, -0.2) is 35.5 Å². The molecule has 0 saturated heterocycles. The largest absolute Gasteiger partial charge is 0.370 e. The van der Waals surface area contributed by atoms with Crippen LogP contribution in [0, 0.1) is 0 Å². The average molecular weight is 309 g/mol. The molecule has 5 heteroatoms. The number of hydrogen-bond acceptors (Lipinski definition) is 4. The van der Waals surface area contributed by atoms with Gasteiger partial charge in [0.2, 0.25) is 0 Å². The number of thioether (sulfide) groups is 1. The highest BCUT2D eigenvalue weighted by Gasteiger charge is 2.10. The Bertz CT molecular complexity index is 451. The summed E-state index contributed by atoms with van der Waals surface area (Å²) < 4.78 is 0. The summed E-state index contributed by atoms with van der Waals surface area (Å²) in [5.41, 5.74) is 1.67. The summed E-state index contributed by atoms with van der Waals surface area (Å²) in [5, 5.41) is 6.68. The second-order valence-corrected chi connectivity index (χ2v) is 6.44. The molecule has 0 bridgehead atoms. The molecule has 0 aliphatic rings. The van der Waals surface area contributed by atoms with Gasteiger partial charge in [0, 0.05) is 29.6 Å². The van der Waals surface area contributed by atoms with Crippen LogP contribution in [0.3, 0.4) is 0 Å². The van der Waals surface area contributed by atoms with E-state index in [2.05, 4.69) is 42.6 Å². The minimum absolute atomic E-state index is 0.0183. The van der Waals surface area contributed by atoms with Crippen LogP contribution in [0.15, 0.2) is 12.1 Å². The lowest BCUT2D eigenvalue weighted by molar-refractivity contribution is 0.0954. The fourth-order valence-electron chi connectivity index (χ4n) is 1.87. The van der Waals surface area contributed by atoms with E-state index >= 15 is 0 Å². The molecule has 1 rings (SSSR count). The Labute approximate surface area is 132 Å². The maximum atomic E-state index is 12.3. The van der Waals surface area contributed by atoms with Crippen molar-refractivity contribution in [3.05, 3.63) is 23.4 Å². The third kappa shape index (κ3) is 6.38. The van der Waals surface area contributed by atoms with Crippen LogP contribution in [0.25, 0.3) is 0 Å². The molecule has 0 radical (unpaired) electrons. The normalized spacial score (nSPS) is 12.0. The quantitative estimate of drug-likeness (QED) is 0.734. The van der Waals surface area contributed by atoms with Gasteiger partial charge in [-0.3, -0.25) is 4.79 Å². The first-order valence-electron chi connectivity index (χ1n) is 7.66. The molecule has 0 aromatic carbocycles. The van der Waals surface area contributed by atoms with Crippen molar-refractivity contribution in [3.63, 3.8) is 0 Å². The molecule has 1 heterocycles. The van der Waals surface area contributed by atoms with Crippen LogP contribution >= 0.6 is 11.8 Å². The fourth-order valence-corrected chi connectivity index (χ4v) is 2.12. The van der Waals surface area contributed by atoms with Crippen LogP contribution in [0.5, 0.6) is 0 Å². The van der Waals surface area contributed by atoms with Crippen LogP contribution in [0.2, 0.25) is 0 Å². The molecule has 0 fully saturated rings. The Morgan fingerprint density at radius 2 is 2.10 bits per heavy atom. The lowest BCUT2D eigenvalue weighted by Gasteiger charge is -2.12. The van der Waals surface area contributed by atoms with Crippen molar-refractivity contribution in [1.29, 1.82) is 0 Å². The van der Waals surface area contributed by atoms with Gasteiger partial charge < -0.3 is 10.6 Å². The van der Waals surface area contributed by atoms with E-state index in [1.54, 1.807) is 11.8 Å². The van der Waals surface area contributed by atoms with Gasteiger partial charge in [-0.1, -0.05) is 27.2 Å². The third-order valence-corrected chi connectivity index (χ3v) is 4.13. The van der Waals surface area contributed by atoms with Gasteiger partial charge in [0.25, 0.3) is 5.91 Å². The smallest absolute Gasteiger partial charge is 0.251 e. The molecule has 2 N–H and O–H groups in total. The molecular weight excluding hydrogens is 282 g/mol. The Kier molecular flexibility index (Phi) is 8.20. The molecule has 1 aromatic heterocycles. The van der Waals surface area contributed by atoms with Gasteiger partial charge in [-0.2, -0.15) is 11.8 Å². The Hall–Kier alpha value is -1.23. The number of nitrogens with zero attached hydrogens (tertiary/aromatic N) is 1. The van der Waals surface area contributed by atoms with Crippen molar-refractivity contribution in [2.75, 3.05) is 24.7 Å². The number of carbonyl (C=O) groups is 1. The summed E-state index contributed by atoms with van der Waals surface area (Å²) in [4.78, 5) is 16.8. The van der Waals surface area contributed by atoms with Crippen LogP contribution in [-0.2, 0) is 6.42 Å². The van der Waals surface area contributed by atoms with Gasteiger partial charge in [-0.25, -0.2) is 4.98 Å². The lowest BCUT2D eigenvalue weighted by Crippen LogP contribution is -2.29. The van der Waals surface area contributed by atoms with Crippen LogP contribution in [0.1, 0.15) is 49.7 Å². The van der Waals surface area contributed by atoms with Crippen molar-refractivity contribution < 1.29 is 4.79 Å². The summed E-state index contributed by atoms with van der Waals surface area (Å²) in [7, 11) is 0. The second kappa shape index (κ2) is 9.66. The second-order valence-electron chi connectivity index (χ2n) is 5.17.